The molecular formula is C23H24N4O4. The number of ether oxygens (including phenoxy) is 2. The molecule has 0 aliphatic rings. The summed E-state index contributed by atoms with van der Waals surface area (Å²) < 4.78 is 13.7. The summed E-state index contributed by atoms with van der Waals surface area (Å²) in [7, 11) is 4.77. The van der Waals surface area contributed by atoms with Gasteiger partial charge in [-0.1, -0.05) is 18.2 Å². The van der Waals surface area contributed by atoms with E-state index in [4.69, 9.17) is 9.47 Å². The van der Waals surface area contributed by atoms with E-state index in [1.54, 1.807) is 51.1 Å². The third-order valence-corrected chi connectivity index (χ3v) is 5.51. The van der Waals surface area contributed by atoms with Gasteiger partial charge in [0.05, 0.1) is 25.9 Å². The Kier molecular flexibility index (Phi) is 5.37. The summed E-state index contributed by atoms with van der Waals surface area (Å²) in [5.74, 6) is 1.12. The largest absolute Gasteiger partial charge is 0.497 e. The SMILES string of the molecule is COc1ccc(OC)c(CNC(=O)C(C)n2c3ccccc3c3cnn(C)c(=O)c32)c1. The summed E-state index contributed by atoms with van der Waals surface area (Å²) in [6, 6.07) is 12.4. The van der Waals surface area contributed by atoms with Crippen LogP contribution in [-0.4, -0.2) is 34.5 Å². The van der Waals surface area contributed by atoms with Gasteiger partial charge in [0.15, 0.2) is 0 Å². The Labute approximate surface area is 179 Å². The highest BCUT2D eigenvalue weighted by molar-refractivity contribution is 6.08. The normalized spacial score (nSPS) is 12.1. The van der Waals surface area contributed by atoms with E-state index in [1.165, 1.54) is 4.68 Å². The highest BCUT2D eigenvalue weighted by Gasteiger charge is 2.23. The van der Waals surface area contributed by atoms with E-state index in [0.717, 1.165) is 21.9 Å². The van der Waals surface area contributed by atoms with E-state index < -0.39 is 6.04 Å². The Bertz CT molecular complexity index is 1340. The Morgan fingerprint density at radius 2 is 1.90 bits per heavy atom. The van der Waals surface area contributed by atoms with Crippen LogP contribution in [0, 0.1) is 0 Å². The summed E-state index contributed by atoms with van der Waals surface area (Å²) in [4.78, 5) is 26.0. The van der Waals surface area contributed by atoms with E-state index in [0.29, 0.717) is 17.0 Å². The van der Waals surface area contributed by atoms with Gasteiger partial charge in [0.25, 0.3) is 5.56 Å². The molecule has 0 spiro atoms. The lowest BCUT2D eigenvalue weighted by Crippen LogP contribution is -2.32. The van der Waals surface area contributed by atoms with Crippen LogP contribution >= 0.6 is 0 Å². The predicted octanol–water partition coefficient (Wildman–Crippen LogP) is 2.78. The van der Waals surface area contributed by atoms with Crippen molar-refractivity contribution in [1.82, 2.24) is 19.7 Å². The maximum absolute atomic E-state index is 13.1. The quantitative estimate of drug-likeness (QED) is 0.518. The number of carbonyl (C=O) groups is 1. The Balaban J connectivity index is 1.71. The molecule has 2 aromatic heterocycles. The zero-order valence-corrected chi connectivity index (χ0v) is 17.9. The molecule has 0 fully saturated rings. The first-order valence-corrected chi connectivity index (χ1v) is 9.89. The van der Waals surface area contributed by atoms with Crippen molar-refractivity contribution in [3.05, 3.63) is 64.6 Å². The van der Waals surface area contributed by atoms with Gasteiger partial charge in [-0.15, -0.1) is 0 Å². The zero-order valence-electron chi connectivity index (χ0n) is 17.9. The lowest BCUT2D eigenvalue weighted by molar-refractivity contribution is -0.123. The van der Waals surface area contributed by atoms with Crippen LogP contribution in [0.3, 0.4) is 0 Å². The van der Waals surface area contributed by atoms with Crippen LogP contribution in [0.5, 0.6) is 11.5 Å². The number of nitrogens with zero attached hydrogens (tertiary/aromatic N) is 3. The van der Waals surface area contributed by atoms with Gasteiger partial charge in [0.2, 0.25) is 5.91 Å². The second kappa shape index (κ2) is 8.14. The average Bonchev–Trinajstić information content (AvgIpc) is 3.14. The monoisotopic (exact) mass is 420 g/mol. The molecule has 0 aliphatic carbocycles. The van der Waals surface area contributed by atoms with Crippen LogP contribution in [0.1, 0.15) is 18.5 Å². The summed E-state index contributed by atoms with van der Waals surface area (Å²) >= 11 is 0. The standard InChI is InChI=1S/C23H24N4O4/c1-14(22(28)24-12-15-11-16(30-3)9-10-20(15)31-4)27-19-8-6-5-7-17(19)18-13-25-26(2)23(29)21(18)27/h5-11,13-14H,12H2,1-4H3,(H,24,28). The molecule has 0 saturated heterocycles. The third kappa shape index (κ3) is 3.50. The summed E-state index contributed by atoms with van der Waals surface area (Å²) in [6.45, 7) is 2.05. The van der Waals surface area contributed by atoms with Crippen LogP contribution in [-0.2, 0) is 18.4 Å². The van der Waals surface area contributed by atoms with Gasteiger partial charge < -0.3 is 19.4 Å². The fraction of sp³-hybridized carbons (Fsp3) is 0.261. The number of para-hydroxylation sites is 1. The lowest BCUT2D eigenvalue weighted by Gasteiger charge is -2.17. The van der Waals surface area contributed by atoms with Crippen molar-refractivity contribution in [1.29, 1.82) is 0 Å². The Hall–Kier alpha value is -3.81. The molecular weight excluding hydrogens is 396 g/mol. The smallest absolute Gasteiger partial charge is 0.291 e. The molecule has 8 heteroatoms. The van der Waals surface area contributed by atoms with E-state index in [9.17, 15) is 9.59 Å². The van der Waals surface area contributed by atoms with E-state index >= 15 is 0 Å². The lowest BCUT2D eigenvalue weighted by atomic mass is 10.1. The van der Waals surface area contributed by atoms with Crippen molar-refractivity contribution in [3.8, 4) is 11.5 Å². The highest BCUT2D eigenvalue weighted by atomic mass is 16.5. The first kappa shape index (κ1) is 20.5. The van der Waals surface area contributed by atoms with Gasteiger partial charge in [0.1, 0.15) is 23.1 Å². The fourth-order valence-electron chi connectivity index (χ4n) is 3.86. The maximum Gasteiger partial charge on any atom is 0.291 e. The molecule has 1 unspecified atom stereocenters. The van der Waals surface area contributed by atoms with Gasteiger partial charge in [-0.05, 0) is 31.2 Å². The van der Waals surface area contributed by atoms with Gasteiger partial charge in [-0.25, -0.2) is 4.68 Å². The minimum atomic E-state index is -0.617. The van der Waals surface area contributed by atoms with Crippen LogP contribution in [0.15, 0.2) is 53.5 Å². The Morgan fingerprint density at radius 3 is 2.65 bits per heavy atom. The number of nitrogens with one attached hydrogen (secondary N) is 1. The van der Waals surface area contributed by atoms with Gasteiger partial charge >= 0.3 is 0 Å². The molecule has 1 atom stereocenters. The molecule has 1 N–H and O–H groups in total. The highest BCUT2D eigenvalue weighted by Crippen LogP contribution is 2.30. The molecule has 2 heterocycles. The number of amides is 1. The topological polar surface area (TPSA) is 87.4 Å². The maximum atomic E-state index is 13.1. The summed E-state index contributed by atoms with van der Waals surface area (Å²) in [5.41, 5.74) is 1.82. The average molecular weight is 420 g/mol. The molecule has 2 aromatic carbocycles. The molecule has 0 radical (unpaired) electrons. The molecule has 4 aromatic rings. The molecule has 0 aliphatic heterocycles. The predicted molar refractivity (Wildman–Crippen MR) is 119 cm³/mol. The van der Waals surface area contributed by atoms with Crippen LogP contribution in [0.2, 0.25) is 0 Å². The molecule has 31 heavy (non-hydrogen) atoms. The fourth-order valence-corrected chi connectivity index (χ4v) is 3.86. The molecule has 0 bridgehead atoms. The van der Waals surface area contributed by atoms with Crippen molar-refractivity contribution >= 4 is 27.7 Å². The minimum absolute atomic E-state index is 0.216. The molecule has 160 valence electrons. The number of benzene rings is 2. The van der Waals surface area contributed by atoms with Crippen molar-refractivity contribution in [2.45, 2.75) is 19.5 Å². The number of carbonyl (C=O) groups excluding carboxylic acids is 1. The second-order valence-electron chi connectivity index (χ2n) is 7.29. The van der Waals surface area contributed by atoms with Crippen LogP contribution in [0.25, 0.3) is 21.8 Å². The minimum Gasteiger partial charge on any atom is -0.497 e. The molecule has 8 nitrogen and oxygen atoms in total. The van der Waals surface area contributed by atoms with Gasteiger partial charge in [-0.3, -0.25) is 9.59 Å². The van der Waals surface area contributed by atoms with Crippen LogP contribution < -0.4 is 20.3 Å². The van der Waals surface area contributed by atoms with E-state index in [1.807, 2.05) is 30.3 Å². The second-order valence-corrected chi connectivity index (χ2v) is 7.29. The van der Waals surface area contributed by atoms with E-state index in [-0.39, 0.29) is 18.0 Å². The van der Waals surface area contributed by atoms with Crippen molar-refractivity contribution in [2.75, 3.05) is 14.2 Å². The molecule has 1 amide bonds. The number of aromatic nitrogens is 3. The first-order chi connectivity index (χ1) is 15.0. The van der Waals surface area contributed by atoms with Crippen molar-refractivity contribution in [3.63, 3.8) is 0 Å². The number of aryl methyl sites for hydroxylation is 1. The van der Waals surface area contributed by atoms with E-state index in [2.05, 4.69) is 10.4 Å². The van der Waals surface area contributed by atoms with Gasteiger partial charge in [0, 0.05) is 29.9 Å². The summed E-state index contributed by atoms with van der Waals surface area (Å²) in [5, 5.41) is 8.72. The molecule has 4 rings (SSSR count). The number of fused-ring (bicyclic) bond motifs is 3. The number of hydrogen-bond donors (Lipinski definition) is 1. The number of hydrogen-bond acceptors (Lipinski definition) is 5. The molecule has 0 saturated carbocycles. The first-order valence-electron chi connectivity index (χ1n) is 9.89. The number of methoxy groups -OCH3 is 2. The van der Waals surface area contributed by atoms with Crippen molar-refractivity contribution in [2.24, 2.45) is 7.05 Å². The Morgan fingerprint density at radius 1 is 1.13 bits per heavy atom. The number of rotatable bonds is 6. The zero-order chi connectivity index (χ0) is 22.1. The summed E-state index contributed by atoms with van der Waals surface area (Å²) in [6.07, 6.45) is 1.67. The van der Waals surface area contributed by atoms with Crippen LogP contribution in [0.4, 0.5) is 0 Å². The van der Waals surface area contributed by atoms with Gasteiger partial charge in [-0.2, -0.15) is 5.10 Å². The third-order valence-electron chi connectivity index (χ3n) is 5.51. The van der Waals surface area contributed by atoms with Crippen molar-refractivity contribution < 1.29 is 14.3 Å².